The lowest BCUT2D eigenvalue weighted by Crippen LogP contribution is -2.40. The fraction of sp³-hybridized carbons (Fsp3) is 0.917. The van der Waals surface area contributed by atoms with Crippen LogP contribution in [0, 0.1) is 5.41 Å². The maximum absolute atomic E-state index is 5.98. The first-order valence-electron chi connectivity index (χ1n) is 5.93. The smallest absolute Gasteiger partial charge is 0.191 e. The second-order valence-electron chi connectivity index (χ2n) is 5.84. The predicted octanol–water partition coefficient (Wildman–Crippen LogP) is 2.22. The van der Waals surface area contributed by atoms with Gasteiger partial charge < -0.3 is 10.6 Å². The Bertz CT molecular complexity index is 222. The summed E-state index contributed by atoms with van der Waals surface area (Å²) in [5.41, 5.74) is 6.25. The standard InChI is InChI=1S/C12H25N3/c1-12(2,3)9-15(4)11(13)14-10-7-5-6-8-10/h10H,5-9H2,1-4H3,(H2,13,14). The Morgan fingerprint density at radius 1 is 1.33 bits per heavy atom. The summed E-state index contributed by atoms with van der Waals surface area (Å²) in [4.78, 5) is 6.65. The van der Waals surface area contributed by atoms with Crippen LogP contribution in [0.3, 0.4) is 0 Å². The molecule has 1 aliphatic carbocycles. The van der Waals surface area contributed by atoms with Crippen LogP contribution >= 0.6 is 0 Å². The van der Waals surface area contributed by atoms with Crippen LogP contribution in [0.5, 0.6) is 0 Å². The molecule has 0 aliphatic heterocycles. The summed E-state index contributed by atoms with van der Waals surface area (Å²) in [6.45, 7) is 7.60. The molecule has 0 aromatic rings. The van der Waals surface area contributed by atoms with Gasteiger partial charge in [-0.1, -0.05) is 33.6 Å². The van der Waals surface area contributed by atoms with E-state index in [0.717, 1.165) is 6.54 Å². The van der Waals surface area contributed by atoms with E-state index in [9.17, 15) is 0 Å². The molecule has 1 fully saturated rings. The first-order chi connectivity index (χ1) is 6.88. The van der Waals surface area contributed by atoms with Gasteiger partial charge in [0, 0.05) is 13.6 Å². The molecule has 1 saturated carbocycles. The molecular formula is C12H25N3. The van der Waals surface area contributed by atoms with Crippen molar-refractivity contribution in [1.82, 2.24) is 4.90 Å². The van der Waals surface area contributed by atoms with E-state index >= 15 is 0 Å². The van der Waals surface area contributed by atoms with E-state index in [0.29, 0.717) is 12.0 Å². The minimum Gasteiger partial charge on any atom is -0.370 e. The van der Waals surface area contributed by atoms with Gasteiger partial charge in [0.15, 0.2) is 5.96 Å². The van der Waals surface area contributed by atoms with Gasteiger partial charge in [-0.3, -0.25) is 0 Å². The first kappa shape index (κ1) is 12.3. The van der Waals surface area contributed by atoms with Crippen molar-refractivity contribution in [3.05, 3.63) is 0 Å². The third-order valence-corrected chi connectivity index (χ3v) is 2.74. The zero-order valence-corrected chi connectivity index (χ0v) is 10.6. The molecule has 0 amide bonds. The van der Waals surface area contributed by atoms with E-state index in [2.05, 4.69) is 30.7 Å². The highest BCUT2D eigenvalue weighted by atomic mass is 15.2. The maximum atomic E-state index is 5.98. The summed E-state index contributed by atoms with van der Waals surface area (Å²) in [7, 11) is 2.03. The third kappa shape index (κ3) is 4.54. The van der Waals surface area contributed by atoms with Crippen molar-refractivity contribution in [2.45, 2.75) is 52.5 Å². The molecule has 0 bridgehead atoms. The van der Waals surface area contributed by atoms with E-state index in [1.807, 2.05) is 7.05 Å². The summed E-state index contributed by atoms with van der Waals surface area (Å²) >= 11 is 0. The molecule has 88 valence electrons. The maximum Gasteiger partial charge on any atom is 0.191 e. The normalized spacial score (nSPS) is 19.6. The van der Waals surface area contributed by atoms with Crippen molar-refractivity contribution < 1.29 is 0 Å². The van der Waals surface area contributed by atoms with Crippen molar-refractivity contribution in [1.29, 1.82) is 0 Å². The molecule has 0 aromatic carbocycles. The Kier molecular flexibility index (Phi) is 4.00. The summed E-state index contributed by atoms with van der Waals surface area (Å²) in [6, 6.07) is 0.479. The molecule has 0 spiro atoms. The van der Waals surface area contributed by atoms with Gasteiger partial charge in [-0.25, -0.2) is 4.99 Å². The van der Waals surface area contributed by atoms with Gasteiger partial charge in [0.05, 0.1) is 6.04 Å². The second-order valence-corrected chi connectivity index (χ2v) is 5.84. The van der Waals surface area contributed by atoms with Crippen LogP contribution in [-0.4, -0.2) is 30.5 Å². The fourth-order valence-corrected chi connectivity index (χ4v) is 2.11. The average Bonchev–Trinajstić information content (AvgIpc) is 2.53. The first-order valence-corrected chi connectivity index (χ1v) is 5.93. The third-order valence-electron chi connectivity index (χ3n) is 2.74. The lowest BCUT2D eigenvalue weighted by atomic mass is 9.96. The monoisotopic (exact) mass is 211 g/mol. The van der Waals surface area contributed by atoms with Crippen molar-refractivity contribution >= 4 is 5.96 Å². The Morgan fingerprint density at radius 2 is 1.87 bits per heavy atom. The predicted molar refractivity (Wildman–Crippen MR) is 66.0 cm³/mol. The van der Waals surface area contributed by atoms with Gasteiger partial charge >= 0.3 is 0 Å². The SMILES string of the molecule is CN(CC(C)(C)C)C(N)=NC1CCCC1. The molecular weight excluding hydrogens is 186 g/mol. The summed E-state index contributed by atoms with van der Waals surface area (Å²) in [5.74, 6) is 0.705. The number of guanidine groups is 1. The Balaban J connectivity index is 2.47. The lowest BCUT2D eigenvalue weighted by molar-refractivity contribution is 0.303. The molecule has 3 nitrogen and oxygen atoms in total. The summed E-state index contributed by atoms with van der Waals surface area (Å²) in [5, 5.41) is 0. The number of hydrogen-bond donors (Lipinski definition) is 1. The van der Waals surface area contributed by atoms with E-state index in [1.165, 1.54) is 25.7 Å². The second kappa shape index (κ2) is 4.86. The van der Waals surface area contributed by atoms with Gasteiger partial charge in [0.2, 0.25) is 0 Å². The molecule has 1 aliphatic rings. The molecule has 0 atom stereocenters. The van der Waals surface area contributed by atoms with E-state index in [1.54, 1.807) is 0 Å². The molecule has 1 rings (SSSR count). The van der Waals surface area contributed by atoms with Gasteiger partial charge in [0.1, 0.15) is 0 Å². The van der Waals surface area contributed by atoms with Crippen molar-refractivity contribution in [2.24, 2.45) is 16.1 Å². The number of rotatable bonds is 2. The summed E-state index contributed by atoms with van der Waals surface area (Å²) in [6.07, 6.45) is 5.04. The van der Waals surface area contributed by atoms with Crippen LogP contribution in [0.4, 0.5) is 0 Å². The van der Waals surface area contributed by atoms with Crippen LogP contribution in [0.15, 0.2) is 4.99 Å². The molecule has 3 heteroatoms. The van der Waals surface area contributed by atoms with Gasteiger partial charge in [-0.15, -0.1) is 0 Å². The highest BCUT2D eigenvalue weighted by Crippen LogP contribution is 2.21. The van der Waals surface area contributed by atoms with Gasteiger partial charge in [0.25, 0.3) is 0 Å². The topological polar surface area (TPSA) is 41.6 Å². The highest BCUT2D eigenvalue weighted by Gasteiger charge is 2.17. The minimum atomic E-state index is 0.268. The van der Waals surface area contributed by atoms with Crippen LogP contribution in [0.2, 0.25) is 0 Å². The van der Waals surface area contributed by atoms with Crippen molar-refractivity contribution in [2.75, 3.05) is 13.6 Å². The molecule has 0 saturated heterocycles. The van der Waals surface area contributed by atoms with E-state index in [4.69, 9.17) is 5.73 Å². The number of nitrogens with zero attached hydrogens (tertiary/aromatic N) is 2. The lowest BCUT2D eigenvalue weighted by Gasteiger charge is -2.27. The van der Waals surface area contributed by atoms with Crippen LogP contribution in [0.25, 0.3) is 0 Å². The Hall–Kier alpha value is -0.730. The van der Waals surface area contributed by atoms with Crippen molar-refractivity contribution in [3.8, 4) is 0 Å². The zero-order valence-electron chi connectivity index (χ0n) is 10.6. The van der Waals surface area contributed by atoms with E-state index in [-0.39, 0.29) is 5.41 Å². The summed E-state index contributed by atoms with van der Waals surface area (Å²) < 4.78 is 0. The molecule has 0 heterocycles. The highest BCUT2D eigenvalue weighted by molar-refractivity contribution is 5.78. The van der Waals surface area contributed by atoms with E-state index < -0.39 is 0 Å². The largest absolute Gasteiger partial charge is 0.370 e. The average molecular weight is 211 g/mol. The zero-order chi connectivity index (χ0) is 11.5. The number of aliphatic imine (C=N–C) groups is 1. The number of nitrogens with two attached hydrogens (primary N) is 1. The molecule has 0 unspecified atom stereocenters. The van der Waals surface area contributed by atoms with Gasteiger partial charge in [-0.05, 0) is 18.3 Å². The molecule has 15 heavy (non-hydrogen) atoms. The Morgan fingerprint density at radius 3 is 2.33 bits per heavy atom. The molecule has 0 radical (unpaired) electrons. The van der Waals surface area contributed by atoms with Crippen molar-refractivity contribution in [3.63, 3.8) is 0 Å². The van der Waals surface area contributed by atoms with Crippen LogP contribution in [0.1, 0.15) is 46.5 Å². The molecule has 2 N–H and O–H groups in total. The van der Waals surface area contributed by atoms with Gasteiger partial charge in [-0.2, -0.15) is 0 Å². The quantitative estimate of drug-likeness (QED) is 0.562. The fourth-order valence-electron chi connectivity index (χ4n) is 2.11. The van der Waals surface area contributed by atoms with Crippen LogP contribution < -0.4 is 5.73 Å². The Labute approximate surface area is 93.7 Å². The molecule has 0 aromatic heterocycles. The van der Waals surface area contributed by atoms with Crippen LogP contribution in [-0.2, 0) is 0 Å². The number of hydrogen-bond acceptors (Lipinski definition) is 1. The minimum absolute atomic E-state index is 0.268.